The summed E-state index contributed by atoms with van der Waals surface area (Å²) in [7, 11) is 0. The van der Waals surface area contributed by atoms with E-state index in [4.69, 9.17) is 0 Å². The van der Waals surface area contributed by atoms with Crippen LogP contribution >= 0.6 is 0 Å². The van der Waals surface area contributed by atoms with E-state index < -0.39 is 11.9 Å². The summed E-state index contributed by atoms with van der Waals surface area (Å²) in [4.78, 5) is 20.1. The quantitative estimate of drug-likeness (QED) is 0.491. The molecule has 0 radical (unpaired) electrons. The Morgan fingerprint density at radius 2 is 0.917 bits per heavy atom. The maximum absolute atomic E-state index is 10.1. The van der Waals surface area contributed by atoms with Crippen LogP contribution in [-0.2, 0) is 22.4 Å². The van der Waals surface area contributed by atoms with Crippen LogP contribution in [0.2, 0.25) is 0 Å². The van der Waals surface area contributed by atoms with Crippen molar-refractivity contribution in [1.82, 2.24) is 0 Å². The first-order valence-corrected chi connectivity index (χ1v) is 7.05. The van der Waals surface area contributed by atoms with Gasteiger partial charge in [-0.25, -0.2) is 0 Å². The molecule has 116 valence electrons. The number of benzene rings is 2. The standard InChI is InChI=1S/2C9H10O2.2Na/c2*10-9(11)7-6-8-4-2-1-3-5-8;;/h2*1-5H,6-7H2,(H,10,11);;/q;;2*+1/p-2. The topological polar surface area (TPSA) is 80.3 Å². The van der Waals surface area contributed by atoms with Gasteiger partial charge in [0.15, 0.2) is 0 Å². The van der Waals surface area contributed by atoms with Crippen LogP contribution in [0.4, 0.5) is 0 Å². The first-order valence-electron chi connectivity index (χ1n) is 7.05. The van der Waals surface area contributed by atoms with Crippen LogP contribution in [0.1, 0.15) is 24.0 Å². The Morgan fingerprint density at radius 3 is 1.17 bits per heavy atom. The molecule has 24 heavy (non-hydrogen) atoms. The van der Waals surface area contributed by atoms with E-state index in [0.717, 1.165) is 11.1 Å². The first kappa shape index (κ1) is 25.6. The largest absolute Gasteiger partial charge is 1.00 e. The van der Waals surface area contributed by atoms with Gasteiger partial charge in [-0.05, 0) is 36.8 Å². The minimum absolute atomic E-state index is 0. The van der Waals surface area contributed by atoms with Crippen molar-refractivity contribution in [3.63, 3.8) is 0 Å². The van der Waals surface area contributed by atoms with Gasteiger partial charge in [-0.1, -0.05) is 60.7 Å². The van der Waals surface area contributed by atoms with E-state index in [1.165, 1.54) is 0 Å². The summed E-state index contributed by atoms with van der Waals surface area (Å²) >= 11 is 0. The third kappa shape index (κ3) is 13.8. The summed E-state index contributed by atoms with van der Waals surface area (Å²) in [5, 5.41) is 20.1. The monoisotopic (exact) mass is 344 g/mol. The maximum atomic E-state index is 10.1. The number of carboxylic acid groups (broad SMARTS) is 2. The number of carboxylic acids is 2. The molecule has 0 bridgehead atoms. The molecule has 0 aliphatic rings. The summed E-state index contributed by atoms with van der Waals surface area (Å²) in [6, 6.07) is 19.0. The number of carbonyl (C=O) groups excluding carboxylic acids is 2. The molecule has 0 saturated carbocycles. The van der Waals surface area contributed by atoms with E-state index in [1.54, 1.807) is 0 Å². The van der Waals surface area contributed by atoms with Gasteiger partial charge < -0.3 is 19.8 Å². The predicted octanol–water partition coefficient (Wildman–Crippen LogP) is -5.25. The first-order chi connectivity index (χ1) is 10.6. The third-order valence-corrected chi connectivity index (χ3v) is 2.92. The van der Waals surface area contributed by atoms with E-state index in [-0.39, 0.29) is 72.0 Å². The van der Waals surface area contributed by atoms with Crippen molar-refractivity contribution in [2.45, 2.75) is 25.7 Å². The fourth-order valence-corrected chi connectivity index (χ4v) is 1.78. The van der Waals surface area contributed by atoms with Gasteiger partial charge in [0.05, 0.1) is 0 Å². The van der Waals surface area contributed by atoms with Crippen molar-refractivity contribution < 1.29 is 78.9 Å². The maximum Gasteiger partial charge on any atom is 1.00 e. The molecule has 0 aliphatic heterocycles. The molecule has 0 aliphatic carbocycles. The molecule has 0 spiro atoms. The summed E-state index contributed by atoms with van der Waals surface area (Å²) in [5.41, 5.74) is 2.08. The molecule has 4 nitrogen and oxygen atoms in total. The van der Waals surface area contributed by atoms with Crippen LogP contribution in [0.25, 0.3) is 0 Å². The molecule has 2 aromatic rings. The Bertz CT molecular complexity index is 521. The van der Waals surface area contributed by atoms with E-state index >= 15 is 0 Å². The smallest absolute Gasteiger partial charge is 0.550 e. The van der Waals surface area contributed by atoms with Gasteiger partial charge in [0, 0.05) is 11.9 Å². The molecule has 0 atom stereocenters. The second-order valence-electron chi connectivity index (χ2n) is 4.72. The van der Waals surface area contributed by atoms with Crippen LogP contribution in [0.5, 0.6) is 0 Å². The zero-order valence-electron chi connectivity index (χ0n) is 14.2. The molecule has 6 heteroatoms. The SMILES string of the molecule is O=C([O-])CCc1ccccc1.O=C([O-])CCc1ccccc1.[Na+].[Na+]. The van der Waals surface area contributed by atoms with E-state index in [1.807, 2.05) is 60.7 Å². The normalized spacial score (nSPS) is 8.67. The number of hydrogen-bond donors (Lipinski definition) is 0. The summed E-state index contributed by atoms with van der Waals surface area (Å²) in [6.07, 6.45) is 1.32. The van der Waals surface area contributed by atoms with Crippen molar-refractivity contribution in [3.05, 3.63) is 71.8 Å². The molecule has 2 rings (SSSR count). The van der Waals surface area contributed by atoms with Crippen molar-refractivity contribution in [3.8, 4) is 0 Å². The third-order valence-electron chi connectivity index (χ3n) is 2.92. The summed E-state index contributed by atoms with van der Waals surface area (Å²) in [5.74, 6) is -1.98. The van der Waals surface area contributed by atoms with Crippen LogP contribution < -0.4 is 69.3 Å². The second kappa shape index (κ2) is 15.9. The van der Waals surface area contributed by atoms with E-state index in [0.29, 0.717) is 12.8 Å². The van der Waals surface area contributed by atoms with E-state index in [9.17, 15) is 19.8 Å². The fourth-order valence-electron chi connectivity index (χ4n) is 1.78. The Kier molecular flexibility index (Phi) is 17.0. The second-order valence-corrected chi connectivity index (χ2v) is 4.72. The van der Waals surface area contributed by atoms with Gasteiger partial charge in [0.25, 0.3) is 0 Å². The van der Waals surface area contributed by atoms with Crippen LogP contribution in [-0.4, -0.2) is 11.9 Å². The zero-order chi connectivity index (χ0) is 16.2. The van der Waals surface area contributed by atoms with Gasteiger partial charge in [0.1, 0.15) is 0 Å². The number of hydrogen-bond acceptors (Lipinski definition) is 4. The van der Waals surface area contributed by atoms with Gasteiger partial charge in [0.2, 0.25) is 0 Å². The molecule has 0 fully saturated rings. The Hall–Kier alpha value is -0.620. The van der Waals surface area contributed by atoms with Gasteiger partial charge in [-0.2, -0.15) is 0 Å². The zero-order valence-corrected chi connectivity index (χ0v) is 18.2. The summed E-state index contributed by atoms with van der Waals surface area (Å²) in [6.45, 7) is 0. The number of carbonyl (C=O) groups is 2. The Labute approximate surface area is 186 Å². The molecule has 0 saturated heterocycles. The van der Waals surface area contributed by atoms with Crippen molar-refractivity contribution >= 4 is 11.9 Å². The molecule has 0 N–H and O–H groups in total. The number of aryl methyl sites for hydroxylation is 2. The Balaban J connectivity index is 0. The van der Waals surface area contributed by atoms with Crippen molar-refractivity contribution in [2.75, 3.05) is 0 Å². The Morgan fingerprint density at radius 1 is 0.625 bits per heavy atom. The summed E-state index contributed by atoms with van der Waals surface area (Å²) < 4.78 is 0. The molecule has 0 heterocycles. The minimum atomic E-state index is -0.992. The molecule has 2 aromatic carbocycles. The minimum Gasteiger partial charge on any atom is -0.550 e. The molecular formula is C18H18Na2O4. The molecular weight excluding hydrogens is 326 g/mol. The average molecular weight is 344 g/mol. The van der Waals surface area contributed by atoms with Crippen molar-refractivity contribution in [1.29, 1.82) is 0 Å². The van der Waals surface area contributed by atoms with Gasteiger partial charge in [-0.15, -0.1) is 0 Å². The van der Waals surface area contributed by atoms with Crippen LogP contribution in [0.15, 0.2) is 60.7 Å². The van der Waals surface area contributed by atoms with Crippen LogP contribution in [0, 0.1) is 0 Å². The molecule has 0 aromatic heterocycles. The molecule has 0 amide bonds. The van der Waals surface area contributed by atoms with Gasteiger partial charge >= 0.3 is 59.1 Å². The predicted molar refractivity (Wildman–Crippen MR) is 79.5 cm³/mol. The number of rotatable bonds is 6. The van der Waals surface area contributed by atoms with Gasteiger partial charge in [-0.3, -0.25) is 0 Å². The van der Waals surface area contributed by atoms with Crippen LogP contribution in [0.3, 0.4) is 0 Å². The molecule has 0 unspecified atom stereocenters. The van der Waals surface area contributed by atoms with Crippen molar-refractivity contribution in [2.24, 2.45) is 0 Å². The van der Waals surface area contributed by atoms with E-state index in [2.05, 4.69) is 0 Å². The fraction of sp³-hybridized carbons (Fsp3) is 0.222. The average Bonchev–Trinajstić information content (AvgIpc) is 2.53. The number of aliphatic carboxylic acids is 2.